The molecule has 0 aliphatic heterocycles. The molecule has 0 saturated heterocycles. The van der Waals surface area contributed by atoms with E-state index in [1.54, 1.807) is 0 Å². The Kier molecular flexibility index (Phi) is 2.50. The Morgan fingerprint density at radius 1 is 1.42 bits per heavy atom. The molecule has 3 nitrogen and oxygen atoms in total. The molecule has 66 valence electrons. The van der Waals surface area contributed by atoms with E-state index in [-0.39, 0.29) is 4.47 Å². The summed E-state index contributed by atoms with van der Waals surface area (Å²) in [5.74, 6) is -0.731. The third-order valence-corrected chi connectivity index (χ3v) is 2.68. The van der Waals surface area contributed by atoms with Crippen molar-refractivity contribution >= 4 is 26.0 Å². The van der Waals surface area contributed by atoms with Crippen molar-refractivity contribution in [1.29, 1.82) is 0 Å². The van der Waals surface area contributed by atoms with Crippen LogP contribution in [0.15, 0.2) is 27.6 Å². The van der Waals surface area contributed by atoms with Gasteiger partial charge in [-0.05, 0) is 34.1 Å². The van der Waals surface area contributed by atoms with E-state index >= 15 is 0 Å². The smallest absolute Gasteiger partial charge is 0.282 e. The van der Waals surface area contributed by atoms with Crippen molar-refractivity contribution in [1.82, 2.24) is 0 Å². The fourth-order valence-electron chi connectivity index (χ4n) is 0.637. The number of hydrogen-bond donors (Lipinski definition) is 1. The van der Waals surface area contributed by atoms with E-state index in [1.807, 2.05) is 0 Å². The summed E-state index contributed by atoms with van der Waals surface area (Å²) in [7, 11) is -4.30. The van der Waals surface area contributed by atoms with Crippen LogP contribution in [0, 0.1) is 5.82 Å². The molecule has 0 atom stereocenters. The van der Waals surface area contributed by atoms with E-state index < -0.39 is 20.8 Å². The van der Waals surface area contributed by atoms with Crippen LogP contribution in [-0.4, -0.2) is 13.0 Å². The van der Waals surface area contributed by atoms with E-state index in [9.17, 15) is 12.8 Å². The second-order valence-electron chi connectivity index (χ2n) is 2.05. The van der Waals surface area contributed by atoms with Gasteiger partial charge < -0.3 is 0 Å². The first-order valence-corrected chi connectivity index (χ1v) is 5.07. The Bertz CT molecular complexity index is 401. The molecule has 0 amide bonds. The fraction of sp³-hybridized carbons (Fsp3) is 0. The highest BCUT2D eigenvalue weighted by molar-refractivity contribution is 9.10. The number of hydrogen-bond acceptors (Lipinski definition) is 2. The predicted octanol–water partition coefficient (Wildman–Crippen LogP) is 1.83. The predicted molar refractivity (Wildman–Crippen MR) is 43.9 cm³/mol. The summed E-state index contributed by atoms with van der Waals surface area (Å²) in [6.45, 7) is 0. The largest absolute Gasteiger partial charge is 0.294 e. The van der Waals surface area contributed by atoms with Crippen LogP contribution in [0.4, 0.5) is 4.39 Å². The van der Waals surface area contributed by atoms with Crippen molar-refractivity contribution in [3.8, 4) is 0 Å². The van der Waals surface area contributed by atoms with Gasteiger partial charge in [-0.15, -0.1) is 0 Å². The summed E-state index contributed by atoms with van der Waals surface area (Å²) in [5, 5.41) is 0. The zero-order valence-electron chi connectivity index (χ0n) is 5.66. The van der Waals surface area contributed by atoms with Gasteiger partial charge in [0.2, 0.25) is 0 Å². The molecule has 0 aliphatic carbocycles. The molecule has 6 heteroatoms. The summed E-state index contributed by atoms with van der Waals surface area (Å²) in [4.78, 5) is -0.455. The maximum atomic E-state index is 12.7. The SMILES string of the molecule is O=S(=O)(O)c1ccc(Br)c(F)c1. The average molecular weight is 255 g/mol. The van der Waals surface area contributed by atoms with E-state index in [4.69, 9.17) is 4.55 Å². The third kappa shape index (κ3) is 2.02. The maximum absolute atomic E-state index is 12.7. The van der Waals surface area contributed by atoms with Gasteiger partial charge in [0.1, 0.15) is 5.82 Å². The maximum Gasteiger partial charge on any atom is 0.294 e. The molecule has 0 fully saturated rings. The first kappa shape index (κ1) is 9.63. The number of benzene rings is 1. The molecule has 0 aliphatic rings. The molecule has 0 bridgehead atoms. The van der Waals surface area contributed by atoms with Gasteiger partial charge >= 0.3 is 0 Å². The third-order valence-electron chi connectivity index (χ3n) is 1.19. The molecule has 0 aromatic heterocycles. The van der Waals surface area contributed by atoms with Crippen molar-refractivity contribution in [3.63, 3.8) is 0 Å². The van der Waals surface area contributed by atoms with Gasteiger partial charge in [-0.3, -0.25) is 4.55 Å². The highest BCUT2D eigenvalue weighted by atomic mass is 79.9. The molecule has 0 unspecified atom stereocenters. The Morgan fingerprint density at radius 3 is 2.42 bits per heavy atom. The second kappa shape index (κ2) is 3.12. The van der Waals surface area contributed by atoms with E-state index in [1.165, 1.54) is 6.07 Å². The summed E-state index contributed by atoms with van der Waals surface area (Å²) in [6, 6.07) is 3.04. The molecule has 0 heterocycles. The quantitative estimate of drug-likeness (QED) is 0.779. The van der Waals surface area contributed by atoms with Crippen LogP contribution in [0.25, 0.3) is 0 Å². The molecule has 1 aromatic rings. The number of halogens is 2. The van der Waals surface area contributed by atoms with Crippen molar-refractivity contribution in [2.45, 2.75) is 4.90 Å². The zero-order chi connectivity index (χ0) is 9.35. The lowest BCUT2D eigenvalue weighted by Crippen LogP contribution is -1.98. The minimum atomic E-state index is -4.30. The normalized spacial score (nSPS) is 11.6. The summed E-state index contributed by atoms with van der Waals surface area (Å²) in [6.07, 6.45) is 0. The topological polar surface area (TPSA) is 54.4 Å². The highest BCUT2D eigenvalue weighted by Crippen LogP contribution is 2.18. The molecule has 0 saturated carbocycles. The first-order chi connectivity index (χ1) is 5.41. The van der Waals surface area contributed by atoms with Crippen LogP contribution in [-0.2, 0) is 10.1 Å². The Hall–Kier alpha value is -0.460. The Morgan fingerprint density at radius 2 is 2.00 bits per heavy atom. The average Bonchev–Trinajstić information content (AvgIpc) is 1.92. The van der Waals surface area contributed by atoms with Gasteiger partial charge in [0.05, 0.1) is 9.37 Å². The minimum Gasteiger partial charge on any atom is -0.282 e. The molecule has 1 rings (SSSR count). The second-order valence-corrected chi connectivity index (χ2v) is 4.33. The monoisotopic (exact) mass is 254 g/mol. The van der Waals surface area contributed by atoms with E-state index in [2.05, 4.69) is 15.9 Å². The fourth-order valence-corrected chi connectivity index (χ4v) is 1.38. The van der Waals surface area contributed by atoms with Gasteiger partial charge in [-0.1, -0.05) is 0 Å². The van der Waals surface area contributed by atoms with Crippen LogP contribution >= 0.6 is 15.9 Å². The highest BCUT2D eigenvalue weighted by Gasteiger charge is 2.11. The molecular formula is C6H4BrFO3S. The zero-order valence-corrected chi connectivity index (χ0v) is 8.06. The van der Waals surface area contributed by atoms with Crippen molar-refractivity contribution < 1.29 is 17.4 Å². The van der Waals surface area contributed by atoms with Crippen LogP contribution in [0.3, 0.4) is 0 Å². The summed E-state index contributed by atoms with van der Waals surface area (Å²) >= 11 is 2.84. The van der Waals surface area contributed by atoms with Crippen molar-refractivity contribution in [2.24, 2.45) is 0 Å². The summed E-state index contributed by atoms with van der Waals surface area (Å²) in [5.41, 5.74) is 0. The molecule has 0 radical (unpaired) electrons. The van der Waals surface area contributed by atoms with Gasteiger partial charge in [0.25, 0.3) is 10.1 Å². The van der Waals surface area contributed by atoms with Crippen molar-refractivity contribution in [3.05, 3.63) is 28.5 Å². The minimum absolute atomic E-state index is 0.148. The lowest BCUT2D eigenvalue weighted by molar-refractivity contribution is 0.481. The van der Waals surface area contributed by atoms with Crippen LogP contribution < -0.4 is 0 Å². The van der Waals surface area contributed by atoms with Crippen LogP contribution in [0.1, 0.15) is 0 Å². The molecule has 1 aromatic carbocycles. The standard InChI is InChI=1S/C6H4BrFO3S/c7-5-2-1-4(3-6(5)8)12(9,10)11/h1-3H,(H,9,10,11). The van der Waals surface area contributed by atoms with Gasteiger partial charge in [-0.25, -0.2) is 4.39 Å². The molecular weight excluding hydrogens is 251 g/mol. The van der Waals surface area contributed by atoms with Gasteiger partial charge in [0, 0.05) is 0 Å². The van der Waals surface area contributed by atoms with Gasteiger partial charge in [-0.2, -0.15) is 8.42 Å². The van der Waals surface area contributed by atoms with Crippen LogP contribution in [0.5, 0.6) is 0 Å². The van der Waals surface area contributed by atoms with Gasteiger partial charge in [0.15, 0.2) is 0 Å². The summed E-state index contributed by atoms with van der Waals surface area (Å²) < 4.78 is 42.3. The van der Waals surface area contributed by atoms with Crippen molar-refractivity contribution in [2.75, 3.05) is 0 Å². The molecule has 12 heavy (non-hydrogen) atoms. The molecule has 1 N–H and O–H groups in total. The lowest BCUT2D eigenvalue weighted by Gasteiger charge is -1.97. The number of rotatable bonds is 1. The van der Waals surface area contributed by atoms with Crippen LogP contribution in [0.2, 0.25) is 0 Å². The molecule has 0 spiro atoms. The van der Waals surface area contributed by atoms with E-state index in [0.717, 1.165) is 12.1 Å². The Labute approximate surface area is 77.1 Å². The van der Waals surface area contributed by atoms with E-state index in [0.29, 0.717) is 0 Å². The first-order valence-electron chi connectivity index (χ1n) is 2.84. The Balaban J connectivity index is 3.33. The lowest BCUT2D eigenvalue weighted by atomic mass is 10.3.